The predicted octanol–water partition coefficient (Wildman–Crippen LogP) is 2.68. The molecule has 2 nitrogen and oxygen atoms in total. The second kappa shape index (κ2) is 4.22. The van der Waals surface area contributed by atoms with E-state index < -0.39 is 0 Å². The van der Waals surface area contributed by atoms with Gasteiger partial charge >= 0.3 is 0 Å². The van der Waals surface area contributed by atoms with Crippen molar-refractivity contribution in [2.24, 2.45) is 0 Å². The minimum Gasteiger partial charge on any atom is -0.238 e. The van der Waals surface area contributed by atoms with Crippen LogP contribution in [-0.4, -0.2) is 9.97 Å². The van der Waals surface area contributed by atoms with Crippen molar-refractivity contribution in [2.75, 3.05) is 0 Å². The van der Waals surface area contributed by atoms with Gasteiger partial charge in [0.05, 0.1) is 0 Å². The zero-order valence-electron chi connectivity index (χ0n) is 9.07. The molecule has 0 fully saturated rings. The lowest BCUT2D eigenvalue weighted by molar-refractivity contribution is 0.918. The Morgan fingerprint density at radius 1 is 0.933 bits per heavy atom. The van der Waals surface area contributed by atoms with E-state index in [1.54, 1.807) is 0 Å². The molecular formula is C13H14N2. The number of nitrogens with zero attached hydrogens (tertiary/aromatic N) is 2. The lowest BCUT2D eigenvalue weighted by atomic mass is 10.1. The van der Waals surface area contributed by atoms with Crippen LogP contribution in [-0.2, 0) is 6.42 Å². The van der Waals surface area contributed by atoms with Crippen LogP contribution in [0.1, 0.15) is 22.8 Å². The summed E-state index contributed by atoms with van der Waals surface area (Å²) in [4.78, 5) is 8.84. The van der Waals surface area contributed by atoms with Crippen LogP contribution in [0, 0.1) is 13.8 Å². The highest BCUT2D eigenvalue weighted by molar-refractivity contribution is 5.20. The average Bonchev–Trinajstić information content (AvgIpc) is 2.17. The highest BCUT2D eigenvalue weighted by Crippen LogP contribution is 2.06. The van der Waals surface area contributed by atoms with E-state index in [1.807, 2.05) is 38.1 Å². The molecule has 1 aromatic heterocycles. The molecule has 1 heterocycles. The van der Waals surface area contributed by atoms with Gasteiger partial charge in [-0.3, -0.25) is 0 Å². The van der Waals surface area contributed by atoms with Crippen molar-refractivity contribution >= 4 is 0 Å². The van der Waals surface area contributed by atoms with Crippen LogP contribution < -0.4 is 0 Å². The number of hydrogen-bond donors (Lipinski definition) is 0. The summed E-state index contributed by atoms with van der Waals surface area (Å²) in [6.07, 6.45) is 0.809. The average molecular weight is 198 g/mol. The van der Waals surface area contributed by atoms with Gasteiger partial charge in [-0.15, -0.1) is 0 Å². The summed E-state index contributed by atoms with van der Waals surface area (Å²) >= 11 is 0. The van der Waals surface area contributed by atoms with Crippen LogP contribution in [0.15, 0.2) is 36.4 Å². The van der Waals surface area contributed by atoms with Gasteiger partial charge in [0, 0.05) is 17.8 Å². The van der Waals surface area contributed by atoms with Gasteiger partial charge in [-0.25, -0.2) is 9.97 Å². The number of hydrogen-bond acceptors (Lipinski definition) is 2. The van der Waals surface area contributed by atoms with Crippen molar-refractivity contribution in [1.82, 2.24) is 9.97 Å². The molecule has 2 rings (SSSR count). The van der Waals surface area contributed by atoms with E-state index in [0.717, 1.165) is 23.6 Å². The summed E-state index contributed by atoms with van der Waals surface area (Å²) in [5.74, 6) is 0.902. The molecule has 0 saturated heterocycles. The number of rotatable bonds is 2. The quantitative estimate of drug-likeness (QED) is 0.741. The minimum absolute atomic E-state index is 0.809. The molecular weight excluding hydrogens is 184 g/mol. The fourth-order valence-electron chi connectivity index (χ4n) is 1.66. The normalized spacial score (nSPS) is 10.3. The van der Waals surface area contributed by atoms with Crippen molar-refractivity contribution in [1.29, 1.82) is 0 Å². The third-order valence-electron chi connectivity index (χ3n) is 2.23. The first-order valence-electron chi connectivity index (χ1n) is 5.09. The van der Waals surface area contributed by atoms with Crippen LogP contribution in [0.3, 0.4) is 0 Å². The highest BCUT2D eigenvalue weighted by Gasteiger charge is 2.00. The fraction of sp³-hybridized carbons (Fsp3) is 0.231. The van der Waals surface area contributed by atoms with Gasteiger partial charge in [0.2, 0.25) is 0 Å². The molecule has 0 aliphatic rings. The maximum Gasteiger partial charge on any atom is 0.133 e. The fourth-order valence-corrected chi connectivity index (χ4v) is 1.66. The smallest absolute Gasteiger partial charge is 0.133 e. The third-order valence-corrected chi connectivity index (χ3v) is 2.23. The van der Waals surface area contributed by atoms with Crippen molar-refractivity contribution < 1.29 is 0 Å². The van der Waals surface area contributed by atoms with Crippen molar-refractivity contribution in [3.63, 3.8) is 0 Å². The van der Waals surface area contributed by atoms with Crippen molar-refractivity contribution in [3.05, 3.63) is 59.2 Å². The SMILES string of the molecule is Cc1cc(C)nc(Cc2ccccc2)n1. The second-order valence-electron chi connectivity index (χ2n) is 3.73. The summed E-state index contributed by atoms with van der Waals surface area (Å²) in [5, 5.41) is 0. The lowest BCUT2D eigenvalue weighted by Gasteiger charge is -2.03. The van der Waals surface area contributed by atoms with Crippen molar-refractivity contribution in [3.8, 4) is 0 Å². The Bertz CT molecular complexity index is 429. The molecule has 2 aromatic rings. The van der Waals surface area contributed by atoms with Gasteiger partial charge in [0.1, 0.15) is 5.82 Å². The van der Waals surface area contributed by atoms with Crippen LogP contribution in [0.2, 0.25) is 0 Å². The molecule has 76 valence electrons. The lowest BCUT2D eigenvalue weighted by Crippen LogP contribution is -1.99. The van der Waals surface area contributed by atoms with Crippen LogP contribution in [0.25, 0.3) is 0 Å². The summed E-state index contributed by atoms with van der Waals surface area (Å²) < 4.78 is 0. The molecule has 15 heavy (non-hydrogen) atoms. The maximum absolute atomic E-state index is 4.42. The molecule has 0 atom stereocenters. The van der Waals surface area contributed by atoms with Crippen molar-refractivity contribution in [2.45, 2.75) is 20.3 Å². The number of benzene rings is 1. The van der Waals surface area contributed by atoms with Gasteiger partial charge in [-0.05, 0) is 25.5 Å². The van der Waals surface area contributed by atoms with Gasteiger partial charge < -0.3 is 0 Å². The zero-order valence-corrected chi connectivity index (χ0v) is 9.07. The molecule has 2 heteroatoms. The molecule has 1 aromatic carbocycles. The number of aromatic nitrogens is 2. The molecule has 0 bridgehead atoms. The topological polar surface area (TPSA) is 25.8 Å². The molecule has 0 radical (unpaired) electrons. The van der Waals surface area contributed by atoms with Crippen LogP contribution in [0.5, 0.6) is 0 Å². The minimum atomic E-state index is 0.809. The summed E-state index contributed by atoms with van der Waals surface area (Å²) in [6.45, 7) is 4.01. The van der Waals surface area contributed by atoms with Crippen LogP contribution >= 0.6 is 0 Å². The van der Waals surface area contributed by atoms with E-state index in [0.29, 0.717) is 0 Å². The van der Waals surface area contributed by atoms with Gasteiger partial charge in [0.25, 0.3) is 0 Å². The zero-order chi connectivity index (χ0) is 10.7. The van der Waals surface area contributed by atoms with Gasteiger partial charge in [-0.2, -0.15) is 0 Å². The van der Waals surface area contributed by atoms with E-state index in [1.165, 1.54) is 5.56 Å². The summed E-state index contributed by atoms with van der Waals surface area (Å²) in [7, 11) is 0. The van der Waals surface area contributed by atoms with E-state index in [2.05, 4.69) is 22.1 Å². The molecule has 0 aliphatic carbocycles. The molecule has 0 saturated carbocycles. The molecule has 0 amide bonds. The first-order chi connectivity index (χ1) is 7.24. The van der Waals surface area contributed by atoms with E-state index in [4.69, 9.17) is 0 Å². The highest BCUT2D eigenvalue weighted by atomic mass is 14.9. The van der Waals surface area contributed by atoms with Gasteiger partial charge in [0.15, 0.2) is 0 Å². The van der Waals surface area contributed by atoms with E-state index in [-0.39, 0.29) is 0 Å². The maximum atomic E-state index is 4.42. The van der Waals surface area contributed by atoms with E-state index >= 15 is 0 Å². The molecule has 0 N–H and O–H groups in total. The predicted molar refractivity (Wildman–Crippen MR) is 60.8 cm³/mol. The molecule has 0 aliphatic heterocycles. The first-order valence-corrected chi connectivity index (χ1v) is 5.09. The standard InChI is InChI=1S/C13H14N2/c1-10-8-11(2)15-13(14-10)9-12-6-4-3-5-7-12/h3-8H,9H2,1-2H3. The second-order valence-corrected chi connectivity index (χ2v) is 3.73. The Kier molecular flexibility index (Phi) is 2.77. The monoisotopic (exact) mass is 198 g/mol. The summed E-state index contributed by atoms with van der Waals surface area (Å²) in [5.41, 5.74) is 3.32. The Morgan fingerprint density at radius 2 is 1.53 bits per heavy atom. The molecule has 0 unspecified atom stereocenters. The third kappa shape index (κ3) is 2.62. The summed E-state index contributed by atoms with van der Waals surface area (Å²) in [6, 6.07) is 12.3. The first kappa shape index (κ1) is 9.84. The Labute approximate surface area is 90.0 Å². The van der Waals surface area contributed by atoms with E-state index in [9.17, 15) is 0 Å². The Morgan fingerprint density at radius 3 is 2.13 bits per heavy atom. The van der Waals surface area contributed by atoms with Gasteiger partial charge in [-0.1, -0.05) is 30.3 Å². The largest absolute Gasteiger partial charge is 0.238 e. The van der Waals surface area contributed by atoms with Crippen LogP contribution in [0.4, 0.5) is 0 Å². The Balaban J connectivity index is 2.25. The molecule has 0 spiro atoms. The Hall–Kier alpha value is -1.70. The number of aryl methyl sites for hydroxylation is 2.